The zero-order chi connectivity index (χ0) is 28.9. The Morgan fingerprint density at radius 2 is 1.89 bits per heavy atom. The average Bonchev–Trinajstić information content (AvgIpc) is 3.41. The van der Waals surface area contributed by atoms with Crippen molar-refractivity contribution in [1.29, 1.82) is 0 Å². The molecule has 0 saturated carbocycles. The van der Waals surface area contributed by atoms with Gasteiger partial charge < -0.3 is 19.4 Å². The fraction of sp³-hybridized carbons (Fsp3) is 0.517. The summed E-state index contributed by atoms with van der Waals surface area (Å²) in [6.07, 6.45) is 4.45. The predicted molar refractivity (Wildman–Crippen MR) is 141 cm³/mol. The molecule has 37 heavy (non-hydrogen) atoms. The first-order valence-corrected chi connectivity index (χ1v) is 12.9. The van der Waals surface area contributed by atoms with E-state index in [-0.39, 0.29) is 5.92 Å². The number of aliphatic hydroxyl groups is 1. The summed E-state index contributed by atoms with van der Waals surface area (Å²) in [5, 5.41) is 16.7. The normalized spacial score (nSPS) is 21.6. The molecular weight excluding hydrogens is 466 g/mol. The van der Waals surface area contributed by atoms with Crippen LogP contribution in [0.3, 0.4) is 0 Å². The fourth-order valence-corrected chi connectivity index (χ4v) is 5.95. The minimum atomic E-state index is -2.63. The SMILES string of the molecule is [2H]C([2H])([2H])C(=O)N1CCC(c2nc(-c3cncc([C@@](O)(c4ccc(C(C)C)cc4)C4(C)CN(C)C4)c3)no2)CC1. The van der Waals surface area contributed by atoms with E-state index in [9.17, 15) is 9.90 Å². The van der Waals surface area contributed by atoms with E-state index in [0.29, 0.717) is 54.7 Å². The Hall–Kier alpha value is -3.10. The van der Waals surface area contributed by atoms with Crippen LogP contribution in [0, 0.1) is 5.41 Å². The summed E-state index contributed by atoms with van der Waals surface area (Å²) in [6, 6.07) is 10.1. The highest BCUT2D eigenvalue weighted by Gasteiger charge is 2.55. The molecular formula is C29H37N5O3. The summed E-state index contributed by atoms with van der Waals surface area (Å²) in [5.74, 6) is 0.322. The zero-order valence-electron chi connectivity index (χ0n) is 24.9. The summed E-state index contributed by atoms with van der Waals surface area (Å²) < 4.78 is 27.7. The van der Waals surface area contributed by atoms with E-state index in [1.807, 2.05) is 25.2 Å². The van der Waals surface area contributed by atoms with Crippen LogP contribution in [0.25, 0.3) is 11.4 Å². The van der Waals surface area contributed by atoms with E-state index in [4.69, 9.17) is 8.64 Å². The maximum atomic E-state index is 12.5. The highest BCUT2D eigenvalue weighted by atomic mass is 16.5. The summed E-state index contributed by atoms with van der Waals surface area (Å²) >= 11 is 0. The number of amides is 1. The second-order valence-electron chi connectivity index (χ2n) is 11.2. The van der Waals surface area contributed by atoms with E-state index in [0.717, 1.165) is 18.7 Å². The van der Waals surface area contributed by atoms with Crippen molar-refractivity contribution in [3.05, 3.63) is 65.3 Å². The van der Waals surface area contributed by atoms with Crippen LogP contribution in [-0.2, 0) is 10.4 Å². The molecule has 2 aliphatic rings. The second kappa shape index (κ2) is 9.65. The van der Waals surface area contributed by atoms with Gasteiger partial charge in [0, 0.05) is 72.0 Å². The number of aromatic nitrogens is 3. The average molecular weight is 507 g/mol. The fourth-order valence-electron chi connectivity index (χ4n) is 5.95. The summed E-state index contributed by atoms with van der Waals surface area (Å²) in [5.41, 5.74) is 1.62. The van der Waals surface area contributed by atoms with Gasteiger partial charge in [-0.05, 0) is 43.0 Å². The van der Waals surface area contributed by atoms with E-state index in [1.165, 1.54) is 10.5 Å². The van der Waals surface area contributed by atoms with Crippen molar-refractivity contribution in [2.45, 2.75) is 57.9 Å². The smallest absolute Gasteiger partial charge is 0.230 e. The van der Waals surface area contributed by atoms with Crippen LogP contribution in [0.1, 0.15) is 79.0 Å². The molecule has 0 radical (unpaired) electrons. The third-order valence-electron chi connectivity index (χ3n) is 8.09. The molecule has 1 aromatic carbocycles. The molecule has 0 bridgehead atoms. The Balaban J connectivity index is 1.41. The Morgan fingerprint density at radius 3 is 2.51 bits per heavy atom. The topological polar surface area (TPSA) is 95.6 Å². The minimum absolute atomic E-state index is 0.0705. The van der Waals surface area contributed by atoms with Crippen LogP contribution in [0.15, 0.2) is 47.2 Å². The number of pyridine rings is 1. The van der Waals surface area contributed by atoms with Crippen LogP contribution in [-0.4, -0.2) is 69.2 Å². The molecule has 3 aromatic rings. The number of piperidine rings is 1. The first-order valence-electron chi connectivity index (χ1n) is 14.4. The molecule has 2 aromatic heterocycles. The Labute approximate surface area is 222 Å². The first kappa shape index (κ1) is 21.9. The second-order valence-corrected chi connectivity index (χ2v) is 11.2. The standard InChI is InChI=1S/C29H37N5O3/c1-19(2)21-6-8-24(9-7-21)29(36,28(4)17-33(5)18-28)25-14-23(15-30-16-25)26-31-27(37-32-26)22-10-12-34(13-11-22)20(3)35/h6-9,14-16,19,22,36H,10-13,17-18H2,1-5H3/t29-/m0/s1/i3D3. The summed E-state index contributed by atoms with van der Waals surface area (Å²) in [4.78, 5) is 24.8. The van der Waals surface area contributed by atoms with Crippen molar-refractivity contribution in [3.8, 4) is 11.4 Å². The van der Waals surface area contributed by atoms with Crippen LogP contribution >= 0.6 is 0 Å². The van der Waals surface area contributed by atoms with Gasteiger partial charge in [0.1, 0.15) is 5.60 Å². The highest BCUT2D eigenvalue weighted by molar-refractivity contribution is 5.73. The molecule has 2 aliphatic heterocycles. The van der Waals surface area contributed by atoms with Crippen LogP contribution < -0.4 is 0 Å². The van der Waals surface area contributed by atoms with Gasteiger partial charge in [-0.1, -0.05) is 50.2 Å². The molecule has 1 atom stereocenters. The summed E-state index contributed by atoms with van der Waals surface area (Å²) in [7, 11) is 2.04. The maximum absolute atomic E-state index is 12.5. The van der Waals surface area contributed by atoms with Crippen molar-refractivity contribution in [3.63, 3.8) is 0 Å². The maximum Gasteiger partial charge on any atom is 0.230 e. The number of hydrogen-bond donors (Lipinski definition) is 1. The van der Waals surface area contributed by atoms with Crippen molar-refractivity contribution >= 4 is 5.91 Å². The minimum Gasteiger partial charge on any atom is -0.380 e. The molecule has 196 valence electrons. The van der Waals surface area contributed by atoms with Gasteiger partial charge in [0.05, 0.1) is 0 Å². The van der Waals surface area contributed by atoms with Gasteiger partial charge in [0.25, 0.3) is 0 Å². The van der Waals surface area contributed by atoms with E-state index >= 15 is 0 Å². The molecule has 2 fully saturated rings. The van der Waals surface area contributed by atoms with Crippen molar-refractivity contribution in [2.75, 3.05) is 33.2 Å². The first-order chi connectivity index (χ1) is 18.8. The Morgan fingerprint density at radius 1 is 1.19 bits per heavy atom. The van der Waals surface area contributed by atoms with E-state index in [1.54, 1.807) is 12.4 Å². The molecule has 4 heterocycles. The zero-order valence-corrected chi connectivity index (χ0v) is 21.9. The highest BCUT2D eigenvalue weighted by Crippen LogP contribution is 2.50. The third kappa shape index (κ3) is 4.57. The monoisotopic (exact) mass is 506 g/mol. The van der Waals surface area contributed by atoms with Gasteiger partial charge in [-0.25, -0.2) is 0 Å². The quantitative estimate of drug-likeness (QED) is 0.536. The Kier molecular flexibility index (Phi) is 5.72. The van der Waals surface area contributed by atoms with Gasteiger partial charge in [-0.2, -0.15) is 4.98 Å². The molecule has 0 spiro atoms. The lowest BCUT2D eigenvalue weighted by molar-refractivity contribution is -0.129. The summed E-state index contributed by atoms with van der Waals surface area (Å²) in [6.45, 7) is 5.88. The van der Waals surface area contributed by atoms with Crippen molar-refractivity contribution in [1.82, 2.24) is 24.9 Å². The molecule has 8 nitrogen and oxygen atoms in total. The van der Waals surface area contributed by atoms with Crippen LogP contribution in [0.4, 0.5) is 0 Å². The number of carbonyl (C=O) groups is 1. The van der Waals surface area contributed by atoms with Crippen LogP contribution in [0.5, 0.6) is 0 Å². The molecule has 0 aliphatic carbocycles. The number of likely N-dealkylation sites (tertiary alicyclic amines) is 2. The van der Waals surface area contributed by atoms with Gasteiger partial charge in [0.15, 0.2) is 0 Å². The van der Waals surface area contributed by atoms with Gasteiger partial charge in [-0.3, -0.25) is 9.78 Å². The van der Waals surface area contributed by atoms with Crippen molar-refractivity contribution < 1.29 is 18.5 Å². The lowest BCUT2D eigenvalue weighted by Crippen LogP contribution is -2.63. The Bertz CT molecular complexity index is 1360. The van der Waals surface area contributed by atoms with Crippen LogP contribution in [0.2, 0.25) is 0 Å². The van der Waals surface area contributed by atoms with Gasteiger partial charge in [0.2, 0.25) is 17.6 Å². The van der Waals surface area contributed by atoms with E-state index < -0.39 is 23.8 Å². The number of benzene rings is 1. The number of rotatable bonds is 6. The van der Waals surface area contributed by atoms with Crippen molar-refractivity contribution in [2.24, 2.45) is 5.41 Å². The third-order valence-corrected chi connectivity index (χ3v) is 8.09. The van der Waals surface area contributed by atoms with Gasteiger partial charge in [-0.15, -0.1) is 0 Å². The van der Waals surface area contributed by atoms with E-state index in [2.05, 4.69) is 52.9 Å². The molecule has 5 rings (SSSR count). The van der Waals surface area contributed by atoms with Gasteiger partial charge >= 0.3 is 0 Å². The number of nitrogens with zero attached hydrogens (tertiary/aromatic N) is 5. The predicted octanol–water partition coefficient (Wildman–Crippen LogP) is 4.17. The molecule has 1 N–H and O–H groups in total. The lowest BCUT2D eigenvalue weighted by atomic mass is 9.62. The molecule has 2 saturated heterocycles. The lowest BCUT2D eigenvalue weighted by Gasteiger charge is -2.55. The molecule has 0 unspecified atom stereocenters. The number of carbonyl (C=O) groups excluding carboxylic acids is 1. The molecule has 1 amide bonds. The largest absolute Gasteiger partial charge is 0.380 e. The number of hydrogen-bond acceptors (Lipinski definition) is 7. The molecule has 8 heteroatoms.